The number of ether oxygens (including phenoxy) is 1. The van der Waals surface area contributed by atoms with Crippen LogP contribution in [0.2, 0.25) is 0 Å². The van der Waals surface area contributed by atoms with Crippen LogP contribution in [0.5, 0.6) is 5.75 Å². The molecule has 3 aromatic rings. The number of likely N-dealkylation sites (N-methyl/N-ethyl adjacent to an activating group) is 1. The van der Waals surface area contributed by atoms with Crippen molar-refractivity contribution in [2.24, 2.45) is 0 Å². The molecule has 0 spiro atoms. The van der Waals surface area contributed by atoms with Crippen LogP contribution < -0.4 is 10.2 Å². The Kier molecular flexibility index (Phi) is 8.98. The van der Waals surface area contributed by atoms with Gasteiger partial charge >= 0.3 is 6.18 Å². The van der Waals surface area contributed by atoms with Crippen LogP contribution in [0.3, 0.4) is 0 Å². The van der Waals surface area contributed by atoms with Gasteiger partial charge in [-0.25, -0.2) is 0 Å². The Balaban J connectivity index is 1.17. The van der Waals surface area contributed by atoms with Crippen LogP contribution in [0.25, 0.3) is 10.8 Å². The molecule has 2 aromatic carbocycles. The fraction of sp³-hybridized carbons (Fsp3) is 0.444. The second kappa shape index (κ2) is 12.2. The zero-order valence-corrected chi connectivity index (χ0v) is 21.2. The molecule has 36 heavy (non-hydrogen) atoms. The molecule has 1 aromatic heterocycles. The maximum absolute atomic E-state index is 13.0. The Hall–Kier alpha value is -2.49. The van der Waals surface area contributed by atoms with Crippen LogP contribution in [0.4, 0.5) is 13.2 Å². The van der Waals surface area contributed by atoms with E-state index in [9.17, 15) is 18.0 Å². The molecule has 0 bridgehead atoms. The molecule has 1 saturated heterocycles. The zero-order valence-electron chi connectivity index (χ0n) is 20.4. The Bertz CT molecular complexity index is 1210. The van der Waals surface area contributed by atoms with Gasteiger partial charge in [-0.15, -0.1) is 11.8 Å². The van der Waals surface area contributed by atoms with Crippen molar-refractivity contribution < 1.29 is 22.3 Å². The molecule has 0 saturated carbocycles. The van der Waals surface area contributed by atoms with Gasteiger partial charge in [0, 0.05) is 37.1 Å². The van der Waals surface area contributed by atoms with E-state index in [1.807, 2.05) is 6.07 Å². The molecule has 1 aliphatic rings. The second-order valence-electron chi connectivity index (χ2n) is 9.10. The lowest BCUT2D eigenvalue weighted by Crippen LogP contribution is -2.43. The quantitative estimate of drug-likeness (QED) is 0.245. The molecule has 0 N–H and O–H groups in total. The number of rotatable bonds is 10. The van der Waals surface area contributed by atoms with Gasteiger partial charge in [0.15, 0.2) is 0 Å². The van der Waals surface area contributed by atoms with Crippen molar-refractivity contribution in [1.29, 1.82) is 0 Å². The summed E-state index contributed by atoms with van der Waals surface area (Å²) in [7, 11) is 2.10. The van der Waals surface area contributed by atoms with Gasteiger partial charge in [0.1, 0.15) is 12.0 Å². The van der Waals surface area contributed by atoms with Crippen molar-refractivity contribution in [3.05, 3.63) is 70.3 Å². The molecule has 0 unspecified atom stereocenters. The average Bonchev–Trinajstić information content (AvgIpc) is 2.85. The minimum Gasteiger partial charge on any atom is -0.487 e. The summed E-state index contributed by atoms with van der Waals surface area (Å²) in [4.78, 5) is 17.9. The van der Waals surface area contributed by atoms with E-state index in [4.69, 9.17) is 9.15 Å². The van der Waals surface area contributed by atoms with Crippen molar-refractivity contribution >= 4 is 22.5 Å². The Morgan fingerprint density at radius 2 is 1.83 bits per heavy atom. The van der Waals surface area contributed by atoms with Gasteiger partial charge in [-0.1, -0.05) is 18.2 Å². The van der Waals surface area contributed by atoms with E-state index in [0.29, 0.717) is 24.3 Å². The molecular weight excluding hydrogens is 489 g/mol. The van der Waals surface area contributed by atoms with E-state index in [-0.39, 0.29) is 11.2 Å². The van der Waals surface area contributed by atoms with Crippen molar-refractivity contribution in [2.45, 2.75) is 36.9 Å². The predicted octanol–water partition coefficient (Wildman–Crippen LogP) is 5.90. The maximum Gasteiger partial charge on any atom is 0.416 e. The Morgan fingerprint density at radius 1 is 1.03 bits per heavy atom. The minimum atomic E-state index is -4.34. The van der Waals surface area contributed by atoms with E-state index in [1.54, 1.807) is 30.0 Å². The highest BCUT2D eigenvalue weighted by atomic mass is 32.2. The second-order valence-corrected chi connectivity index (χ2v) is 10.2. The first-order chi connectivity index (χ1) is 17.3. The molecule has 4 rings (SSSR count). The van der Waals surface area contributed by atoms with Gasteiger partial charge in [-0.05, 0) is 61.0 Å². The third-order valence-electron chi connectivity index (χ3n) is 6.30. The number of halogens is 3. The van der Waals surface area contributed by atoms with Crippen LogP contribution in [0.15, 0.2) is 62.8 Å². The first-order valence-electron chi connectivity index (χ1n) is 12.2. The van der Waals surface area contributed by atoms with Gasteiger partial charge in [-0.3, -0.25) is 9.69 Å². The van der Waals surface area contributed by atoms with Crippen LogP contribution in [-0.2, 0) is 12.7 Å². The van der Waals surface area contributed by atoms with E-state index < -0.39 is 11.7 Å². The number of nitrogens with zero attached hydrogens (tertiary/aromatic N) is 2. The zero-order chi connectivity index (χ0) is 25.5. The summed E-state index contributed by atoms with van der Waals surface area (Å²) in [6.07, 6.45) is -0.277. The standard InChI is InChI=1S/C27H31F3N2O3S/c1-31-10-12-32(13-11-31)18-22-17-24(33)25(19-35-22)34-14-3-2-4-15-36-26-7-5-6-20-16-21(27(28,29)30)8-9-23(20)26/h5-9,16-17,19H,2-4,10-15,18H2,1H3. The van der Waals surface area contributed by atoms with Crippen molar-refractivity contribution in [1.82, 2.24) is 9.80 Å². The summed E-state index contributed by atoms with van der Waals surface area (Å²) in [5, 5.41) is 1.43. The molecule has 1 fully saturated rings. The van der Waals surface area contributed by atoms with Crippen LogP contribution in [0, 0.1) is 0 Å². The van der Waals surface area contributed by atoms with Crippen molar-refractivity contribution in [2.75, 3.05) is 45.6 Å². The number of thioether (sulfide) groups is 1. The molecule has 0 radical (unpaired) electrons. The van der Waals surface area contributed by atoms with Gasteiger partial charge in [-0.2, -0.15) is 13.2 Å². The van der Waals surface area contributed by atoms with Crippen LogP contribution >= 0.6 is 11.8 Å². The molecule has 9 heteroatoms. The molecule has 1 aliphatic heterocycles. The number of piperazine rings is 1. The van der Waals surface area contributed by atoms with E-state index >= 15 is 0 Å². The highest BCUT2D eigenvalue weighted by molar-refractivity contribution is 7.99. The lowest BCUT2D eigenvalue weighted by atomic mass is 10.1. The lowest BCUT2D eigenvalue weighted by molar-refractivity contribution is -0.137. The lowest BCUT2D eigenvalue weighted by Gasteiger charge is -2.31. The third kappa shape index (κ3) is 7.27. The van der Waals surface area contributed by atoms with Gasteiger partial charge in [0.25, 0.3) is 0 Å². The molecule has 0 atom stereocenters. The molecule has 0 amide bonds. The summed E-state index contributed by atoms with van der Waals surface area (Å²) in [6.45, 7) is 4.98. The number of hydrogen-bond acceptors (Lipinski definition) is 6. The van der Waals surface area contributed by atoms with E-state index in [2.05, 4.69) is 16.8 Å². The number of fused-ring (bicyclic) bond motifs is 1. The fourth-order valence-corrected chi connectivity index (χ4v) is 5.24. The van der Waals surface area contributed by atoms with Crippen molar-refractivity contribution in [3.8, 4) is 5.75 Å². The van der Waals surface area contributed by atoms with E-state index in [1.165, 1.54) is 18.4 Å². The van der Waals surface area contributed by atoms with Gasteiger partial charge in [0.05, 0.1) is 18.7 Å². The average molecular weight is 521 g/mol. The largest absolute Gasteiger partial charge is 0.487 e. The molecular formula is C27H31F3N2O3S. The molecule has 5 nitrogen and oxygen atoms in total. The normalized spacial score (nSPS) is 15.4. The molecule has 2 heterocycles. The minimum absolute atomic E-state index is 0.162. The highest BCUT2D eigenvalue weighted by Crippen LogP contribution is 2.34. The smallest absolute Gasteiger partial charge is 0.416 e. The van der Waals surface area contributed by atoms with Crippen molar-refractivity contribution in [3.63, 3.8) is 0 Å². The highest BCUT2D eigenvalue weighted by Gasteiger charge is 2.30. The first kappa shape index (κ1) is 26.6. The maximum atomic E-state index is 13.0. The fourth-order valence-electron chi connectivity index (χ4n) is 4.15. The molecule has 194 valence electrons. The predicted molar refractivity (Wildman–Crippen MR) is 137 cm³/mol. The van der Waals surface area contributed by atoms with Crippen LogP contribution in [0.1, 0.15) is 30.6 Å². The summed E-state index contributed by atoms with van der Waals surface area (Å²) in [5.74, 6) is 1.74. The number of unbranched alkanes of at least 4 members (excludes halogenated alkanes) is 2. The van der Waals surface area contributed by atoms with Crippen LogP contribution in [-0.4, -0.2) is 55.4 Å². The van der Waals surface area contributed by atoms with Gasteiger partial charge < -0.3 is 14.1 Å². The number of hydrogen-bond donors (Lipinski definition) is 0. The summed E-state index contributed by atoms with van der Waals surface area (Å²) >= 11 is 1.64. The van der Waals surface area contributed by atoms with E-state index in [0.717, 1.165) is 67.5 Å². The number of alkyl halides is 3. The molecule has 0 aliphatic carbocycles. The monoisotopic (exact) mass is 520 g/mol. The van der Waals surface area contributed by atoms with Gasteiger partial charge in [0.2, 0.25) is 11.2 Å². The summed E-state index contributed by atoms with van der Waals surface area (Å²) in [6, 6.07) is 10.9. The topological polar surface area (TPSA) is 45.9 Å². The Morgan fingerprint density at radius 3 is 2.58 bits per heavy atom. The SMILES string of the molecule is CN1CCN(Cc2cc(=O)c(OCCCCCSc3cccc4cc(C(F)(F)F)ccc34)co2)CC1. The Labute approximate surface area is 213 Å². The summed E-state index contributed by atoms with van der Waals surface area (Å²) in [5.41, 5.74) is -0.790. The summed E-state index contributed by atoms with van der Waals surface area (Å²) < 4.78 is 50.2. The first-order valence-corrected chi connectivity index (χ1v) is 13.2. The number of benzene rings is 2. The third-order valence-corrected chi connectivity index (χ3v) is 7.46.